The van der Waals surface area contributed by atoms with Gasteiger partial charge in [-0.3, -0.25) is 4.79 Å². The smallest absolute Gasteiger partial charge is 0.275 e. The molecule has 0 aliphatic carbocycles. The Labute approximate surface area is 138 Å². The average Bonchev–Trinajstić information content (AvgIpc) is 2.89. The standard InChI is InChI=1S/C18H16N2O2S/c1-12-17(19-13(2)23-12)18(21)20-15-10-6-7-11-16(15)22-14-8-4-3-5-9-14/h3-11H,1-2H3,(H,20,21). The first-order valence-corrected chi connectivity index (χ1v) is 8.02. The third-order valence-electron chi connectivity index (χ3n) is 3.22. The molecule has 3 rings (SSSR count). The predicted molar refractivity (Wildman–Crippen MR) is 92.5 cm³/mol. The van der Waals surface area contributed by atoms with E-state index in [1.807, 2.05) is 68.4 Å². The Morgan fingerprint density at radius 2 is 1.74 bits per heavy atom. The van der Waals surface area contributed by atoms with Gasteiger partial charge in [0.15, 0.2) is 5.75 Å². The highest BCUT2D eigenvalue weighted by Crippen LogP contribution is 2.29. The lowest BCUT2D eigenvalue weighted by molar-refractivity contribution is 0.102. The normalized spacial score (nSPS) is 10.3. The molecule has 4 nitrogen and oxygen atoms in total. The zero-order chi connectivity index (χ0) is 16.2. The largest absolute Gasteiger partial charge is 0.455 e. The predicted octanol–water partition coefficient (Wildman–Crippen LogP) is 4.80. The Bertz CT molecular complexity index is 828. The van der Waals surface area contributed by atoms with Crippen molar-refractivity contribution in [3.05, 3.63) is 70.2 Å². The van der Waals surface area contributed by atoms with Crippen molar-refractivity contribution in [2.75, 3.05) is 5.32 Å². The van der Waals surface area contributed by atoms with Crippen LogP contribution in [0.15, 0.2) is 54.6 Å². The molecular weight excluding hydrogens is 308 g/mol. The molecule has 0 saturated heterocycles. The number of rotatable bonds is 4. The van der Waals surface area contributed by atoms with Crippen molar-refractivity contribution in [1.29, 1.82) is 0 Å². The van der Waals surface area contributed by atoms with E-state index in [0.717, 1.165) is 15.6 Å². The highest BCUT2D eigenvalue weighted by atomic mass is 32.1. The molecule has 1 N–H and O–H groups in total. The summed E-state index contributed by atoms with van der Waals surface area (Å²) >= 11 is 1.51. The second kappa shape index (κ2) is 6.62. The summed E-state index contributed by atoms with van der Waals surface area (Å²) in [6, 6.07) is 16.8. The maximum Gasteiger partial charge on any atom is 0.275 e. The van der Waals surface area contributed by atoms with Crippen molar-refractivity contribution in [2.45, 2.75) is 13.8 Å². The molecule has 0 fully saturated rings. The van der Waals surface area contributed by atoms with Crippen LogP contribution in [0.1, 0.15) is 20.4 Å². The summed E-state index contributed by atoms with van der Waals surface area (Å²) in [5.41, 5.74) is 1.08. The van der Waals surface area contributed by atoms with Gasteiger partial charge in [0.05, 0.1) is 10.7 Å². The van der Waals surface area contributed by atoms with Gasteiger partial charge >= 0.3 is 0 Å². The summed E-state index contributed by atoms with van der Waals surface area (Å²) in [7, 11) is 0. The van der Waals surface area contributed by atoms with Gasteiger partial charge < -0.3 is 10.1 Å². The number of aryl methyl sites for hydroxylation is 2. The van der Waals surface area contributed by atoms with Gasteiger partial charge in [0, 0.05) is 4.88 Å². The Balaban J connectivity index is 1.83. The Morgan fingerprint density at radius 3 is 2.43 bits per heavy atom. The van der Waals surface area contributed by atoms with Crippen molar-refractivity contribution >= 4 is 22.9 Å². The number of amides is 1. The first-order chi connectivity index (χ1) is 11.1. The van der Waals surface area contributed by atoms with E-state index in [1.54, 1.807) is 0 Å². The van der Waals surface area contributed by atoms with E-state index in [2.05, 4.69) is 10.3 Å². The number of nitrogens with zero attached hydrogens (tertiary/aromatic N) is 1. The number of benzene rings is 2. The number of carbonyl (C=O) groups is 1. The zero-order valence-corrected chi connectivity index (χ0v) is 13.7. The number of carbonyl (C=O) groups excluding carboxylic acids is 1. The Kier molecular flexibility index (Phi) is 4.39. The molecule has 0 bridgehead atoms. The Morgan fingerprint density at radius 1 is 1.04 bits per heavy atom. The molecule has 1 heterocycles. The third-order valence-corrected chi connectivity index (χ3v) is 4.11. The number of hydrogen-bond donors (Lipinski definition) is 1. The second-order valence-electron chi connectivity index (χ2n) is 5.00. The van der Waals surface area contributed by atoms with Crippen molar-refractivity contribution in [1.82, 2.24) is 4.98 Å². The number of anilines is 1. The van der Waals surface area contributed by atoms with Gasteiger partial charge in [-0.05, 0) is 38.1 Å². The summed E-state index contributed by atoms with van der Waals surface area (Å²) in [4.78, 5) is 17.6. The molecule has 0 radical (unpaired) electrons. The van der Waals surface area contributed by atoms with Gasteiger partial charge in [-0.1, -0.05) is 30.3 Å². The van der Waals surface area contributed by atoms with Crippen LogP contribution in [0.3, 0.4) is 0 Å². The molecule has 2 aromatic carbocycles. The van der Waals surface area contributed by atoms with Crippen LogP contribution in [0.25, 0.3) is 0 Å². The van der Waals surface area contributed by atoms with Crippen molar-refractivity contribution in [3.63, 3.8) is 0 Å². The first-order valence-electron chi connectivity index (χ1n) is 7.21. The lowest BCUT2D eigenvalue weighted by Gasteiger charge is -2.11. The topological polar surface area (TPSA) is 51.2 Å². The maximum absolute atomic E-state index is 12.4. The number of nitrogens with one attached hydrogen (secondary N) is 1. The third kappa shape index (κ3) is 3.57. The molecule has 0 spiro atoms. The summed E-state index contributed by atoms with van der Waals surface area (Å²) in [5, 5.41) is 3.76. The molecule has 1 amide bonds. The molecule has 1 aromatic heterocycles. The molecular formula is C18H16N2O2S. The van der Waals surface area contributed by atoms with Crippen molar-refractivity contribution in [3.8, 4) is 11.5 Å². The summed E-state index contributed by atoms with van der Waals surface area (Å²) in [6.45, 7) is 3.78. The van der Waals surface area contributed by atoms with Crippen LogP contribution in [-0.4, -0.2) is 10.9 Å². The van der Waals surface area contributed by atoms with Crippen LogP contribution in [0.5, 0.6) is 11.5 Å². The van der Waals surface area contributed by atoms with E-state index >= 15 is 0 Å². The van der Waals surface area contributed by atoms with Gasteiger partial charge in [0.1, 0.15) is 11.4 Å². The molecule has 3 aromatic rings. The minimum absolute atomic E-state index is 0.226. The van der Waals surface area contributed by atoms with Gasteiger partial charge in [-0.2, -0.15) is 0 Å². The van der Waals surface area contributed by atoms with Crippen LogP contribution < -0.4 is 10.1 Å². The van der Waals surface area contributed by atoms with Gasteiger partial charge in [-0.25, -0.2) is 4.98 Å². The van der Waals surface area contributed by atoms with Crippen LogP contribution >= 0.6 is 11.3 Å². The summed E-state index contributed by atoms with van der Waals surface area (Å²) in [6.07, 6.45) is 0. The second-order valence-corrected chi connectivity index (χ2v) is 6.41. The van der Waals surface area contributed by atoms with E-state index in [0.29, 0.717) is 17.1 Å². The number of thiazole rings is 1. The minimum Gasteiger partial charge on any atom is -0.455 e. The number of ether oxygens (including phenoxy) is 1. The summed E-state index contributed by atoms with van der Waals surface area (Å²) < 4.78 is 5.85. The highest BCUT2D eigenvalue weighted by molar-refractivity contribution is 7.11. The first kappa shape index (κ1) is 15.2. The molecule has 0 unspecified atom stereocenters. The maximum atomic E-state index is 12.4. The molecule has 5 heteroatoms. The average molecular weight is 324 g/mol. The van der Waals surface area contributed by atoms with Gasteiger partial charge in [-0.15, -0.1) is 11.3 Å². The quantitative estimate of drug-likeness (QED) is 0.749. The fourth-order valence-corrected chi connectivity index (χ4v) is 3.01. The molecule has 0 atom stereocenters. The molecule has 0 aliphatic rings. The fourth-order valence-electron chi connectivity index (χ4n) is 2.20. The monoisotopic (exact) mass is 324 g/mol. The molecule has 0 aliphatic heterocycles. The van der Waals surface area contributed by atoms with Gasteiger partial charge in [0.2, 0.25) is 0 Å². The van der Waals surface area contributed by atoms with Gasteiger partial charge in [0.25, 0.3) is 5.91 Å². The minimum atomic E-state index is -0.226. The van der Waals surface area contributed by atoms with E-state index in [-0.39, 0.29) is 5.91 Å². The van der Waals surface area contributed by atoms with E-state index in [4.69, 9.17) is 4.74 Å². The van der Waals surface area contributed by atoms with Crippen LogP contribution in [-0.2, 0) is 0 Å². The number of aromatic nitrogens is 1. The molecule has 23 heavy (non-hydrogen) atoms. The summed E-state index contributed by atoms with van der Waals surface area (Å²) in [5.74, 6) is 1.09. The lowest BCUT2D eigenvalue weighted by Crippen LogP contribution is -2.14. The SMILES string of the molecule is Cc1nc(C(=O)Nc2ccccc2Oc2ccccc2)c(C)s1. The molecule has 0 saturated carbocycles. The fraction of sp³-hybridized carbons (Fsp3) is 0.111. The van der Waals surface area contributed by atoms with E-state index in [1.165, 1.54) is 11.3 Å². The van der Waals surface area contributed by atoms with E-state index < -0.39 is 0 Å². The lowest BCUT2D eigenvalue weighted by atomic mass is 10.2. The Hall–Kier alpha value is -2.66. The van der Waals surface area contributed by atoms with Crippen LogP contribution in [0.4, 0.5) is 5.69 Å². The van der Waals surface area contributed by atoms with Crippen molar-refractivity contribution in [2.24, 2.45) is 0 Å². The zero-order valence-electron chi connectivity index (χ0n) is 12.9. The van der Waals surface area contributed by atoms with E-state index in [9.17, 15) is 4.79 Å². The number of hydrogen-bond acceptors (Lipinski definition) is 4. The molecule has 116 valence electrons. The highest BCUT2D eigenvalue weighted by Gasteiger charge is 2.16. The van der Waals surface area contributed by atoms with Crippen molar-refractivity contribution < 1.29 is 9.53 Å². The van der Waals surface area contributed by atoms with Crippen LogP contribution in [0.2, 0.25) is 0 Å². The number of para-hydroxylation sites is 3. The van der Waals surface area contributed by atoms with Crippen LogP contribution in [0, 0.1) is 13.8 Å².